The maximum absolute atomic E-state index is 14.4. The highest BCUT2D eigenvalue weighted by Crippen LogP contribution is 2.40. The van der Waals surface area contributed by atoms with Crippen molar-refractivity contribution in [3.8, 4) is 0 Å². The van der Waals surface area contributed by atoms with Gasteiger partial charge in [0.05, 0.1) is 18.8 Å². The number of aromatic nitrogens is 1. The van der Waals surface area contributed by atoms with Crippen LogP contribution in [-0.2, 0) is 41.2 Å². The molecule has 5 atom stereocenters. The molecule has 3 aromatic rings. The Hall–Kier alpha value is -4.74. The van der Waals surface area contributed by atoms with E-state index in [9.17, 15) is 38.5 Å². The number of amides is 4. The number of hydrogen-bond acceptors (Lipinski definition) is 6. The zero-order chi connectivity index (χ0) is 38.3. The number of nitrogens with two attached hydrogens (primary N) is 1. The van der Waals surface area contributed by atoms with Crippen LogP contribution in [0.1, 0.15) is 74.0 Å². The minimum Gasteiger partial charge on any atom is -0.481 e. The van der Waals surface area contributed by atoms with Crippen molar-refractivity contribution in [1.82, 2.24) is 20.5 Å². The van der Waals surface area contributed by atoms with Crippen LogP contribution in [-0.4, -0.2) is 69.0 Å². The van der Waals surface area contributed by atoms with Crippen molar-refractivity contribution in [3.05, 3.63) is 83.6 Å². The Kier molecular flexibility index (Phi) is 12.6. The number of hydrogen-bond donors (Lipinski definition) is 6. The molecule has 0 bridgehead atoms. The third kappa shape index (κ3) is 10.4. The van der Waals surface area contributed by atoms with Gasteiger partial charge in [0, 0.05) is 43.5 Å². The van der Waals surface area contributed by atoms with Gasteiger partial charge >= 0.3 is 5.97 Å². The van der Waals surface area contributed by atoms with Crippen molar-refractivity contribution in [1.29, 1.82) is 0 Å². The third-order valence-corrected chi connectivity index (χ3v) is 11.2. The quantitative estimate of drug-likeness (QED) is 0.138. The van der Waals surface area contributed by atoms with E-state index in [0.717, 1.165) is 22.9 Å². The topological polar surface area (TPSA) is 210 Å². The zero-order valence-electron chi connectivity index (χ0n) is 30.3. The van der Waals surface area contributed by atoms with E-state index in [-0.39, 0.29) is 31.5 Å². The number of aliphatic carboxylic acids is 1. The summed E-state index contributed by atoms with van der Waals surface area (Å²) < 4.78 is 14.2. The molecule has 1 aromatic heterocycles. The van der Waals surface area contributed by atoms with Gasteiger partial charge in [-0.05, 0) is 66.8 Å². The highest BCUT2D eigenvalue weighted by molar-refractivity contribution is 7.56. The van der Waals surface area contributed by atoms with Gasteiger partial charge in [-0.3, -0.25) is 28.5 Å². The molecule has 4 amide bonds. The lowest BCUT2D eigenvalue weighted by Gasteiger charge is -2.39. The summed E-state index contributed by atoms with van der Waals surface area (Å²) in [6, 6.07) is 13.8. The molecule has 53 heavy (non-hydrogen) atoms. The molecule has 1 unspecified atom stereocenters. The van der Waals surface area contributed by atoms with E-state index in [1.165, 1.54) is 6.66 Å². The number of benzene rings is 2. The van der Waals surface area contributed by atoms with E-state index in [1.807, 2.05) is 43.5 Å². The molecule has 1 spiro atoms. The van der Waals surface area contributed by atoms with Crippen LogP contribution in [0.15, 0.2) is 66.9 Å². The fourth-order valence-electron chi connectivity index (χ4n) is 7.60. The van der Waals surface area contributed by atoms with E-state index < -0.39 is 73.2 Å². The number of carbonyl (C=O) groups excluding carboxylic acids is 4. The van der Waals surface area contributed by atoms with Crippen molar-refractivity contribution in [2.75, 3.05) is 13.2 Å². The second-order valence-electron chi connectivity index (χ2n) is 14.8. The molecule has 1 saturated carbocycles. The zero-order valence-corrected chi connectivity index (χ0v) is 31.1. The molecule has 0 saturated heterocycles. The molecular formula is C39H50N5O8P. The molecule has 1 aliphatic carbocycles. The lowest BCUT2D eigenvalue weighted by molar-refractivity contribution is -0.143. The molecule has 2 aromatic carbocycles. The SMILES string of the molecule is Cc1ccc2c(ccn2C[C@@H]2C/C=C/[C@H](c3ccc(CP(C)(=O)O)cc3)[C@H](CC(=O)O)C(=O)NC3(CCCCC3)C(=O)N[C@@H](CC(N)=O)C(=O)NC2)c1. The summed E-state index contributed by atoms with van der Waals surface area (Å²) >= 11 is 0. The normalized spacial score (nSPS) is 24.5. The number of fused-ring (bicyclic) bond motifs is 1. The summed E-state index contributed by atoms with van der Waals surface area (Å²) in [5, 5.41) is 19.7. The first-order valence-corrected chi connectivity index (χ1v) is 20.4. The Balaban J connectivity index is 1.58. The van der Waals surface area contributed by atoms with Gasteiger partial charge < -0.3 is 36.3 Å². The largest absolute Gasteiger partial charge is 0.481 e. The van der Waals surface area contributed by atoms with Crippen molar-refractivity contribution in [2.24, 2.45) is 17.6 Å². The number of primary amides is 1. The van der Waals surface area contributed by atoms with Gasteiger partial charge in [0.25, 0.3) is 0 Å². The molecule has 2 aliphatic rings. The van der Waals surface area contributed by atoms with Gasteiger partial charge in [-0.15, -0.1) is 0 Å². The molecule has 13 nitrogen and oxygen atoms in total. The fraction of sp³-hybridized carbons (Fsp3) is 0.462. The lowest BCUT2D eigenvalue weighted by Crippen LogP contribution is -2.64. The van der Waals surface area contributed by atoms with Crippen molar-refractivity contribution in [2.45, 2.75) is 88.5 Å². The first-order valence-electron chi connectivity index (χ1n) is 18.1. The molecule has 284 valence electrons. The highest BCUT2D eigenvalue weighted by Gasteiger charge is 2.44. The van der Waals surface area contributed by atoms with Crippen molar-refractivity contribution >= 4 is 47.9 Å². The van der Waals surface area contributed by atoms with Gasteiger partial charge in [0.2, 0.25) is 31.0 Å². The summed E-state index contributed by atoms with van der Waals surface area (Å²) in [5.41, 5.74) is 7.46. The first kappa shape index (κ1) is 39.5. The maximum Gasteiger partial charge on any atom is 0.304 e. The summed E-state index contributed by atoms with van der Waals surface area (Å²) in [6.07, 6.45) is 7.63. The van der Waals surface area contributed by atoms with Crippen molar-refractivity contribution < 1.29 is 38.5 Å². The molecule has 0 radical (unpaired) electrons. The van der Waals surface area contributed by atoms with Crippen LogP contribution in [0.2, 0.25) is 0 Å². The van der Waals surface area contributed by atoms with Gasteiger partial charge in [-0.1, -0.05) is 67.3 Å². The first-order chi connectivity index (χ1) is 25.1. The number of aryl methyl sites for hydroxylation is 1. The summed E-state index contributed by atoms with van der Waals surface area (Å²) in [7, 11) is -3.36. The maximum atomic E-state index is 14.4. The Morgan fingerprint density at radius 2 is 1.72 bits per heavy atom. The van der Waals surface area contributed by atoms with Gasteiger partial charge in [0.1, 0.15) is 11.6 Å². The molecule has 1 fully saturated rings. The Bertz CT molecular complexity index is 1910. The smallest absolute Gasteiger partial charge is 0.304 e. The Morgan fingerprint density at radius 3 is 2.38 bits per heavy atom. The summed E-state index contributed by atoms with van der Waals surface area (Å²) in [4.78, 5) is 76.6. The van der Waals surface area contributed by atoms with Crippen LogP contribution in [0.4, 0.5) is 0 Å². The molecule has 14 heteroatoms. The monoisotopic (exact) mass is 747 g/mol. The number of nitrogens with zero attached hydrogens (tertiary/aromatic N) is 1. The minimum absolute atomic E-state index is 0.0394. The average Bonchev–Trinajstić information content (AvgIpc) is 3.48. The van der Waals surface area contributed by atoms with Crippen molar-refractivity contribution in [3.63, 3.8) is 0 Å². The predicted octanol–water partition coefficient (Wildman–Crippen LogP) is 4.10. The summed E-state index contributed by atoms with van der Waals surface area (Å²) in [6.45, 7) is 3.97. The number of allylic oxidation sites excluding steroid dienone is 2. The Morgan fingerprint density at radius 1 is 1.00 bits per heavy atom. The van der Waals surface area contributed by atoms with E-state index in [1.54, 1.807) is 24.3 Å². The average molecular weight is 748 g/mol. The molecule has 7 N–H and O–H groups in total. The second-order valence-corrected chi connectivity index (χ2v) is 17.2. The van der Waals surface area contributed by atoms with Crippen LogP contribution >= 0.6 is 7.37 Å². The number of carboxylic acid groups (broad SMARTS) is 1. The van der Waals surface area contributed by atoms with E-state index in [0.29, 0.717) is 36.9 Å². The lowest BCUT2D eigenvalue weighted by atomic mass is 9.78. The fourth-order valence-corrected chi connectivity index (χ4v) is 8.49. The van der Waals surface area contributed by atoms with Crippen LogP contribution < -0.4 is 21.7 Å². The van der Waals surface area contributed by atoms with E-state index in [4.69, 9.17) is 5.73 Å². The van der Waals surface area contributed by atoms with Crippen LogP contribution in [0.3, 0.4) is 0 Å². The van der Waals surface area contributed by atoms with Gasteiger partial charge in [0.15, 0.2) is 0 Å². The number of carboxylic acids is 1. The van der Waals surface area contributed by atoms with Crippen LogP contribution in [0.25, 0.3) is 10.9 Å². The van der Waals surface area contributed by atoms with Gasteiger partial charge in [-0.25, -0.2) is 0 Å². The molecule has 5 rings (SSSR count). The predicted molar refractivity (Wildman–Crippen MR) is 201 cm³/mol. The molecular weight excluding hydrogens is 697 g/mol. The molecule has 2 heterocycles. The van der Waals surface area contributed by atoms with Crippen LogP contribution in [0.5, 0.6) is 0 Å². The molecule has 1 aliphatic heterocycles. The highest BCUT2D eigenvalue weighted by atomic mass is 31.2. The Labute approximate surface area is 309 Å². The standard InChI is InChI=1S/C39H50N5O8P/c1-25-9-14-33-29(19-25)15-18-44(33)23-27-7-6-8-30(28-12-10-26(11-13-28)24-53(2,51)52)31(20-35(46)47)36(48)43-39(16-4-3-5-17-39)38(50)42-32(21-34(40)45)37(49)41-22-27/h6,8-15,18-19,27,30-32H,3-5,7,16-17,20-24H2,1-2H3,(H2,40,45)(H,41,49)(H,42,50)(H,43,48)(H,46,47)(H,51,52)/b8-6+/t27-,30-,31+,32+/m1/s1. The van der Waals surface area contributed by atoms with Crippen LogP contribution in [0, 0.1) is 18.8 Å². The summed E-state index contributed by atoms with van der Waals surface area (Å²) in [5.74, 6) is -5.91. The van der Waals surface area contributed by atoms with E-state index in [2.05, 4.69) is 26.6 Å². The second kappa shape index (κ2) is 16.9. The number of carbonyl (C=O) groups is 5. The third-order valence-electron chi connectivity index (χ3n) is 10.3. The number of nitrogens with one attached hydrogen (secondary N) is 3. The minimum atomic E-state index is -3.36. The van der Waals surface area contributed by atoms with E-state index >= 15 is 0 Å². The van der Waals surface area contributed by atoms with Gasteiger partial charge in [-0.2, -0.15) is 0 Å². The number of rotatable bonds is 9.